The normalized spacial score (nSPS) is 8.40. The number of benzene rings is 3. The zero-order chi connectivity index (χ0) is 18.9. The molecule has 134 valence electrons. The molecule has 0 bridgehead atoms. The highest BCUT2D eigenvalue weighted by Crippen LogP contribution is 2.07. The minimum absolute atomic E-state index is 1.25. The van der Waals surface area contributed by atoms with Gasteiger partial charge in [-0.3, -0.25) is 0 Å². The molecule has 0 aliphatic carbocycles. The summed E-state index contributed by atoms with van der Waals surface area (Å²) in [4.78, 5) is 2.08. The van der Waals surface area contributed by atoms with Gasteiger partial charge in [-0.25, -0.2) is 0 Å². The lowest BCUT2D eigenvalue weighted by atomic mass is 10.2. The molecule has 0 amide bonds. The molecular formula is C24H33N. The van der Waals surface area contributed by atoms with Gasteiger partial charge in [0.2, 0.25) is 0 Å². The summed E-state index contributed by atoms with van der Waals surface area (Å²) >= 11 is 0. The van der Waals surface area contributed by atoms with Crippen molar-refractivity contribution in [3.05, 3.63) is 102 Å². The smallest absolute Gasteiger partial charge is 0.0360 e. The summed E-state index contributed by atoms with van der Waals surface area (Å²) in [6.45, 7) is 8.17. The monoisotopic (exact) mass is 335 g/mol. The number of hydrogen-bond acceptors (Lipinski definition) is 1. The summed E-state index contributed by atoms with van der Waals surface area (Å²) in [7, 11) is 4.07. The van der Waals surface area contributed by atoms with Gasteiger partial charge in [-0.1, -0.05) is 104 Å². The molecule has 0 heterocycles. The van der Waals surface area contributed by atoms with Crippen LogP contribution in [0, 0.1) is 13.8 Å². The lowest BCUT2D eigenvalue weighted by Crippen LogP contribution is -2.07. The number of nitrogens with zero attached hydrogens (tertiary/aromatic N) is 1. The molecule has 0 fully saturated rings. The fourth-order valence-corrected chi connectivity index (χ4v) is 1.79. The van der Waals surface area contributed by atoms with Crippen LogP contribution in [0.4, 0.5) is 5.69 Å². The first-order valence-corrected chi connectivity index (χ1v) is 8.85. The summed E-state index contributed by atoms with van der Waals surface area (Å²) in [5.74, 6) is 0. The Morgan fingerprint density at radius 1 is 0.480 bits per heavy atom. The summed E-state index contributed by atoms with van der Waals surface area (Å²) < 4.78 is 0. The molecule has 1 nitrogen and oxygen atoms in total. The standard InChI is InChI=1S/C8H11N.2C7H8.C2H6/c1-9(2)8-6-4-3-5-7-8;2*1-7-5-3-2-4-6-7;1-2/h3-7H,1-2H3;2*2-6H,1H3;1-2H3. The molecule has 0 saturated heterocycles. The topological polar surface area (TPSA) is 3.24 Å². The molecular weight excluding hydrogens is 302 g/mol. The second-order valence-electron chi connectivity index (χ2n) is 5.54. The van der Waals surface area contributed by atoms with Crippen molar-refractivity contribution >= 4 is 5.69 Å². The first-order valence-electron chi connectivity index (χ1n) is 8.85. The Balaban J connectivity index is 0.000000332. The van der Waals surface area contributed by atoms with Gasteiger partial charge < -0.3 is 4.90 Å². The second-order valence-corrected chi connectivity index (χ2v) is 5.54. The molecule has 0 atom stereocenters. The van der Waals surface area contributed by atoms with Crippen LogP contribution in [0.3, 0.4) is 0 Å². The number of aryl methyl sites for hydroxylation is 2. The fraction of sp³-hybridized carbons (Fsp3) is 0.250. The summed E-state index contributed by atoms with van der Waals surface area (Å²) in [5.41, 5.74) is 3.89. The van der Waals surface area contributed by atoms with E-state index in [2.05, 4.69) is 55.1 Å². The molecule has 0 saturated carbocycles. The van der Waals surface area contributed by atoms with Gasteiger partial charge in [-0.05, 0) is 26.0 Å². The van der Waals surface area contributed by atoms with Crippen molar-refractivity contribution in [1.82, 2.24) is 0 Å². The maximum absolute atomic E-state index is 2.08. The zero-order valence-corrected chi connectivity index (χ0v) is 16.6. The van der Waals surface area contributed by atoms with E-state index in [4.69, 9.17) is 0 Å². The van der Waals surface area contributed by atoms with Crippen LogP contribution in [0.15, 0.2) is 91.0 Å². The van der Waals surface area contributed by atoms with Gasteiger partial charge in [0, 0.05) is 19.8 Å². The summed E-state index contributed by atoms with van der Waals surface area (Å²) in [6, 6.07) is 30.8. The number of anilines is 1. The van der Waals surface area contributed by atoms with Crippen LogP contribution >= 0.6 is 0 Å². The average molecular weight is 336 g/mol. The Morgan fingerprint density at radius 2 is 0.760 bits per heavy atom. The molecule has 3 aromatic carbocycles. The van der Waals surface area contributed by atoms with E-state index in [1.807, 2.05) is 82.5 Å². The van der Waals surface area contributed by atoms with E-state index in [-0.39, 0.29) is 0 Å². The molecule has 0 aliphatic rings. The molecule has 1 heteroatoms. The molecule has 0 unspecified atom stereocenters. The van der Waals surface area contributed by atoms with E-state index >= 15 is 0 Å². The fourth-order valence-electron chi connectivity index (χ4n) is 1.79. The van der Waals surface area contributed by atoms with Crippen LogP contribution in [0.5, 0.6) is 0 Å². The van der Waals surface area contributed by atoms with Crippen molar-refractivity contribution < 1.29 is 0 Å². The third-order valence-corrected chi connectivity index (χ3v) is 3.15. The molecule has 0 N–H and O–H groups in total. The van der Waals surface area contributed by atoms with Gasteiger partial charge in [-0.2, -0.15) is 0 Å². The maximum atomic E-state index is 2.08. The molecule has 3 rings (SSSR count). The number of hydrogen-bond donors (Lipinski definition) is 0. The Morgan fingerprint density at radius 3 is 0.920 bits per heavy atom. The first kappa shape index (κ1) is 22.5. The molecule has 3 aromatic rings. The highest BCUT2D eigenvalue weighted by Gasteiger charge is 1.87. The zero-order valence-electron chi connectivity index (χ0n) is 16.6. The van der Waals surface area contributed by atoms with Crippen LogP contribution in [-0.2, 0) is 0 Å². The van der Waals surface area contributed by atoms with Crippen LogP contribution in [0.2, 0.25) is 0 Å². The van der Waals surface area contributed by atoms with Gasteiger partial charge in [0.15, 0.2) is 0 Å². The number of para-hydroxylation sites is 1. The van der Waals surface area contributed by atoms with Crippen molar-refractivity contribution in [3.8, 4) is 0 Å². The second kappa shape index (κ2) is 15.0. The van der Waals surface area contributed by atoms with E-state index in [0.717, 1.165) is 0 Å². The van der Waals surface area contributed by atoms with Gasteiger partial charge in [0.25, 0.3) is 0 Å². The third kappa shape index (κ3) is 12.5. The minimum Gasteiger partial charge on any atom is -0.378 e. The van der Waals surface area contributed by atoms with E-state index in [1.165, 1.54) is 16.8 Å². The molecule has 0 spiro atoms. The van der Waals surface area contributed by atoms with Crippen molar-refractivity contribution in [1.29, 1.82) is 0 Å². The van der Waals surface area contributed by atoms with E-state index in [0.29, 0.717) is 0 Å². The Bertz CT molecular complexity index is 579. The predicted molar refractivity (Wildman–Crippen MR) is 114 cm³/mol. The summed E-state index contributed by atoms with van der Waals surface area (Å²) in [6.07, 6.45) is 0. The van der Waals surface area contributed by atoms with E-state index in [9.17, 15) is 0 Å². The average Bonchev–Trinajstić information content (AvgIpc) is 2.66. The Hall–Kier alpha value is -2.54. The van der Waals surface area contributed by atoms with Gasteiger partial charge >= 0.3 is 0 Å². The van der Waals surface area contributed by atoms with Gasteiger partial charge in [-0.15, -0.1) is 0 Å². The van der Waals surface area contributed by atoms with Crippen molar-refractivity contribution in [2.75, 3.05) is 19.0 Å². The van der Waals surface area contributed by atoms with Crippen molar-refractivity contribution in [3.63, 3.8) is 0 Å². The minimum atomic E-state index is 1.25. The van der Waals surface area contributed by atoms with Crippen LogP contribution in [0.1, 0.15) is 25.0 Å². The summed E-state index contributed by atoms with van der Waals surface area (Å²) in [5, 5.41) is 0. The molecule has 0 radical (unpaired) electrons. The Labute approximate surface area is 155 Å². The van der Waals surface area contributed by atoms with Crippen LogP contribution < -0.4 is 4.90 Å². The lowest BCUT2D eigenvalue weighted by Gasteiger charge is -2.10. The lowest BCUT2D eigenvalue weighted by molar-refractivity contribution is 1.13. The van der Waals surface area contributed by atoms with Gasteiger partial charge in [0.05, 0.1) is 0 Å². The van der Waals surface area contributed by atoms with Crippen LogP contribution in [0.25, 0.3) is 0 Å². The first-order chi connectivity index (χ1) is 12.1. The molecule has 25 heavy (non-hydrogen) atoms. The SMILES string of the molecule is CC.CN(C)c1ccccc1.Cc1ccccc1.Cc1ccccc1. The van der Waals surface area contributed by atoms with Crippen molar-refractivity contribution in [2.45, 2.75) is 27.7 Å². The largest absolute Gasteiger partial charge is 0.378 e. The number of rotatable bonds is 1. The van der Waals surface area contributed by atoms with E-state index < -0.39 is 0 Å². The highest BCUT2D eigenvalue weighted by atomic mass is 15.1. The van der Waals surface area contributed by atoms with Crippen LogP contribution in [-0.4, -0.2) is 14.1 Å². The highest BCUT2D eigenvalue weighted by molar-refractivity contribution is 5.43. The van der Waals surface area contributed by atoms with Gasteiger partial charge in [0.1, 0.15) is 0 Å². The molecule has 0 aromatic heterocycles. The quantitative estimate of drug-likeness (QED) is 0.474. The predicted octanol–water partition coefficient (Wildman–Crippen LogP) is 6.77. The maximum Gasteiger partial charge on any atom is 0.0360 e. The Kier molecular flexibility index (Phi) is 13.5. The van der Waals surface area contributed by atoms with Crippen molar-refractivity contribution in [2.24, 2.45) is 0 Å². The van der Waals surface area contributed by atoms with E-state index in [1.54, 1.807) is 0 Å². The third-order valence-electron chi connectivity index (χ3n) is 3.15. The molecule has 0 aliphatic heterocycles.